The molecule has 5 atom stereocenters. The number of carbonyl (C=O) groups is 3. The Balaban J connectivity index is 2.29. The van der Waals surface area contributed by atoms with Crippen molar-refractivity contribution in [1.82, 2.24) is 0 Å². The third kappa shape index (κ3) is 28.6. The van der Waals surface area contributed by atoms with E-state index >= 15 is 0 Å². The second kappa shape index (κ2) is 32.7. The molecule has 0 aliphatic heterocycles. The van der Waals surface area contributed by atoms with Gasteiger partial charge in [-0.1, -0.05) is 127 Å². The van der Waals surface area contributed by atoms with E-state index < -0.39 is 44.7 Å². The first-order valence-corrected chi connectivity index (χ1v) is 22.6. The molecule has 0 heterocycles. The zero-order valence-electron chi connectivity index (χ0n) is 33.8. The molecule has 0 saturated heterocycles. The number of phosphoric acid groups is 1. The number of aliphatic hydroxyl groups excluding tert-OH is 2. The molecule has 0 aromatic rings. The van der Waals surface area contributed by atoms with Crippen LogP contribution >= 0.6 is 7.82 Å². The van der Waals surface area contributed by atoms with Crippen molar-refractivity contribution < 1.29 is 52.9 Å². The van der Waals surface area contributed by atoms with Crippen LogP contribution in [0.5, 0.6) is 0 Å². The minimum absolute atomic E-state index is 0.00850. The molecule has 1 aliphatic rings. The predicted molar refractivity (Wildman–Crippen MR) is 217 cm³/mol. The summed E-state index contributed by atoms with van der Waals surface area (Å²) < 4.78 is 26.3. The molecule has 0 radical (unpaired) electrons. The van der Waals surface area contributed by atoms with Crippen molar-refractivity contribution in [3.05, 3.63) is 48.6 Å². The SMILES string of the molecule is CCCCC/C=C\C/C=C\CCCCCCCCCC(=O)O[C@H](COC(=O)CCC/C=C\C[C@H]1C(=O)C[C@@H](O)[C@@H]1/C=C/[C@@H](O)CCCCC)COP(=O)(O)O. The van der Waals surface area contributed by atoms with Crippen LogP contribution in [0.1, 0.15) is 162 Å². The summed E-state index contributed by atoms with van der Waals surface area (Å²) >= 11 is 0. The van der Waals surface area contributed by atoms with Gasteiger partial charge in [-0.05, 0) is 64.2 Å². The number of rotatable bonds is 34. The van der Waals surface area contributed by atoms with Crippen LogP contribution in [-0.2, 0) is 32.9 Å². The fourth-order valence-electron chi connectivity index (χ4n) is 6.44. The van der Waals surface area contributed by atoms with Gasteiger partial charge in [-0.2, -0.15) is 0 Å². The third-order valence-electron chi connectivity index (χ3n) is 9.69. The lowest BCUT2D eigenvalue weighted by Gasteiger charge is -2.18. The van der Waals surface area contributed by atoms with E-state index in [-0.39, 0.29) is 43.5 Å². The first kappa shape index (κ1) is 50.6. The quantitative estimate of drug-likeness (QED) is 0.0211. The maximum absolute atomic E-state index is 12.5. The van der Waals surface area contributed by atoms with Gasteiger partial charge in [0.25, 0.3) is 0 Å². The normalized spacial score (nSPS) is 19.0. The molecule has 0 amide bonds. The molecule has 0 bridgehead atoms. The highest BCUT2D eigenvalue weighted by molar-refractivity contribution is 7.46. The molecule has 0 spiro atoms. The number of allylic oxidation sites excluding steroid dienone is 6. The summed E-state index contributed by atoms with van der Waals surface area (Å²) in [5, 5.41) is 20.6. The highest BCUT2D eigenvalue weighted by Crippen LogP contribution is 2.36. The van der Waals surface area contributed by atoms with Crippen LogP contribution in [0.25, 0.3) is 0 Å². The lowest BCUT2D eigenvalue weighted by Crippen LogP contribution is -2.29. The van der Waals surface area contributed by atoms with E-state index in [1.165, 1.54) is 38.5 Å². The highest BCUT2D eigenvalue weighted by atomic mass is 31.2. The van der Waals surface area contributed by atoms with E-state index in [0.717, 1.165) is 57.8 Å². The van der Waals surface area contributed by atoms with Gasteiger partial charge in [0.05, 0.1) is 18.8 Å². The number of carbonyl (C=O) groups excluding carboxylic acids is 3. The Morgan fingerprint density at radius 3 is 2.02 bits per heavy atom. The Morgan fingerprint density at radius 2 is 1.35 bits per heavy atom. The second-order valence-corrected chi connectivity index (χ2v) is 16.0. The smallest absolute Gasteiger partial charge is 0.462 e. The van der Waals surface area contributed by atoms with Gasteiger partial charge < -0.3 is 29.5 Å². The van der Waals surface area contributed by atoms with Crippen molar-refractivity contribution in [2.24, 2.45) is 11.8 Å². The minimum atomic E-state index is -4.82. The summed E-state index contributed by atoms with van der Waals surface area (Å²) in [5.41, 5.74) is 0. The summed E-state index contributed by atoms with van der Waals surface area (Å²) in [6.07, 6.45) is 33.3. The van der Waals surface area contributed by atoms with Crippen LogP contribution in [0.3, 0.4) is 0 Å². The van der Waals surface area contributed by atoms with Crippen molar-refractivity contribution in [1.29, 1.82) is 0 Å². The minimum Gasteiger partial charge on any atom is -0.462 e. The monoisotopic (exact) mass is 796 g/mol. The van der Waals surface area contributed by atoms with Gasteiger partial charge in [-0.3, -0.25) is 18.9 Å². The van der Waals surface area contributed by atoms with Crippen LogP contribution in [0.2, 0.25) is 0 Å². The Morgan fingerprint density at radius 1 is 0.764 bits per heavy atom. The van der Waals surface area contributed by atoms with Gasteiger partial charge in [-0.15, -0.1) is 0 Å². The lowest BCUT2D eigenvalue weighted by atomic mass is 9.90. The topological polar surface area (TPSA) is 177 Å². The molecular formula is C43H73O11P. The van der Waals surface area contributed by atoms with Gasteiger partial charge in [0.1, 0.15) is 12.4 Å². The maximum Gasteiger partial charge on any atom is 0.469 e. The second-order valence-electron chi connectivity index (χ2n) is 14.7. The van der Waals surface area contributed by atoms with Gasteiger partial charge in [0, 0.05) is 31.1 Å². The number of aliphatic hydroxyl groups is 2. The Kier molecular flexibility index (Phi) is 30.1. The number of Topliss-reactive ketones (excluding diaryl/α,β-unsaturated/α-hetero) is 1. The number of phosphoric ester groups is 1. The summed E-state index contributed by atoms with van der Waals surface area (Å²) in [6.45, 7) is 3.32. The number of hydrogen-bond acceptors (Lipinski definition) is 9. The summed E-state index contributed by atoms with van der Waals surface area (Å²) in [6, 6.07) is 0. The number of esters is 2. The molecular weight excluding hydrogens is 723 g/mol. The van der Waals surface area contributed by atoms with Gasteiger partial charge in [0.15, 0.2) is 6.10 Å². The van der Waals surface area contributed by atoms with Crippen molar-refractivity contribution in [3.63, 3.8) is 0 Å². The third-order valence-corrected chi connectivity index (χ3v) is 10.2. The van der Waals surface area contributed by atoms with Gasteiger partial charge in [-0.25, -0.2) is 4.57 Å². The molecule has 1 rings (SSSR count). The largest absolute Gasteiger partial charge is 0.469 e. The van der Waals surface area contributed by atoms with Crippen LogP contribution in [0.4, 0.5) is 0 Å². The molecule has 11 nitrogen and oxygen atoms in total. The molecule has 55 heavy (non-hydrogen) atoms. The Labute approximate surface area is 331 Å². The van der Waals surface area contributed by atoms with Gasteiger partial charge >= 0.3 is 19.8 Å². The number of ether oxygens (including phenoxy) is 2. The summed E-state index contributed by atoms with van der Waals surface area (Å²) in [5.74, 6) is -1.82. The molecule has 4 N–H and O–H groups in total. The average molecular weight is 797 g/mol. The van der Waals surface area contributed by atoms with Crippen molar-refractivity contribution in [3.8, 4) is 0 Å². The predicted octanol–water partition coefficient (Wildman–Crippen LogP) is 9.32. The van der Waals surface area contributed by atoms with E-state index in [0.29, 0.717) is 32.1 Å². The van der Waals surface area contributed by atoms with E-state index in [1.54, 1.807) is 12.2 Å². The zero-order chi connectivity index (χ0) is 40.6. The molecule has 316 valence electrons. The van der Waals surface area contributed by atoms with E-state index in [1.807, 2.05) is 12.2 Å². The Bertz CT molecular complexity index is 1190. The van der Waals surface area contributed by atoms with Crippen LogP contribution < -0.4 is 0 Å². The molecule has 1 fully saturated rings. The average Bonchev–Trinajstić information content (AvgIpc) is 3.41. The number of ketones is 1. The standard InChI is InChI=1S/C43H73O11P/c1-3-5-7-8-9-10-11-12-13-14-15-16-17-18-19-20-26-30-43(48)54-37(35-53-55(49,50)51)34-52-42(47)29-25-22-21-24-28-38-39(41(46)33-40(38)45)32-31-36(44)27-23-6-4-2/h9-10,12-13,21,24,31-32,36-39,41,44,46H,3-8,11,14-20,22-23,25-30,33-35H2,1-2H3,(H2,49,50,51)/b10-9-,13-12-,24-21-,32-31+/t36-,37+,38+,39+,41+/m0/s1. The van der Waals surface area contributed by atoms with Crippen LogP contribution in [0.15, 0.2) is 48.6 Å². The van der Waals surface area contributed by atoms with E-state index in [9.17, 15) is 29.2 Å². The van der Waals surface area contributed by atoms with Crippen molar-refractivity contribution >= 4 is 25.5 Å². The lowest BCUT2D eigenvalue weighted by molar-refractivity contribution is -0.161. The van der Waals surface area contributed by atoms with E-state index in [2.05, 4.69) is 42.7 Å². The first-order chi connectivity index (χ1) is 26.5. The summed E-state index contributed by atoms with van der Waals surface area (Å²) in [7, 11) is -4.82. The molecule has 1 aliphatic carbocycles. The van der Waals surface area contributed by atoms with Crippen LogP contribution in [-0.4, -0.2) is 69.2 Å². The van der Waals surface area contributed by atoms with Gasteiger partial charge in [0.2, 0.25) is 0 Å². The first-order valence-electron chi connectivity index (χ1n) is 21.0. The zero-order valence-corrected chi connectivity index (χ0v) is 34.7. The molecule has 1 saturated carbocycles. The summed E-state index contributed by atoms with van der Waals surface area (Å²) in [4.78, 5) is 55.5. The van der Waals surface area contributed by atoms with Crippen LogP contribution in [0, 0.1) is 11.8 Å². The number of unbranched alkanes of at least 4 members (excludes halogenated alkanes) is 13. The molecule has 12 heteroatoms. The highest BCUT2D eigenvalue weighted by Gasteiger charge is 2.39. The van der Waals surface area contributed by atoms with Crippen molar-refractivity contribution in [2.75, 3.05) is 13.2 Å². The molecule has 0 aromatic carbocycles. The number of hydrogen-bond donors (Lipinski definition) is 4. The Hall–Kier alpha value is -2.40. The molecule has 0 aromatic heterocycles. The fraction of sp³-hybridized carbons (Fsp3) is 0.744. The molecule has 0 unspecified atom stereocenters. The van der Waals surface area contributed by atoms with E-state index in [4.69, 9.17) is 19.3 Å². The van der Waals surface area contributed by atoms with Crippen molar-refractivity contribution in [2.45, 2.75) is 180 Å². The maximum atomic E-state index is 12.5. The fourth-order valence-corrected chi connectivity index (χ4v) is 6.80.